The highest BCUT2D eigenvalue weighted by molar-refractivity contribution is 5.15. The van der Waals surface area contributed by atoms with E-state index in [9.17, 15) is 5.11 Å². The van der Waals surface area contributed by atoms with Crippen LogP contribution in [-0.4, -0.2) is 60.2 Å². The first kappa shape index (κ1) is 13.5. The second kappa shape index (κ2) is 6.87. The number of rotatable bonds is 4. The maximum absolute atomic E-state index is 10.0. The topological polar surface area (TPSA) is 52.9 Å². The van der Waals surface area contributed by atoms with Crippen LogP contribution in [0, 0.1) is 11.8 Å². The molecule has 1 fully saturated rings. The van der Waals surface area contributed by atoms with Gasteiger partial charge in [-0.3, -0.25) is 0 Å². The first-order chi connectivity index (χ1) is 7.70. The summed E-state index contributed by atoms with van der Waals surface area (Å²) in [5, 5.41) is 18.6. The Kier molecular flexibility index (Phi) is 5.78. The zero-order chi connectivity index (χ0) is 11.9. The predicted molar refractivity (Wildman–Crippen MR) is 62.0 cm³/mol. The van der Waals surface area contributed by atoms with Crippen LogP contribution in [0.25, 0.3) is 0 Å². The summed E-state index contributed by atoms with van der Waals surface area (Å²) < 4.78 is 5.29. The van der Waals surface area contributed by atoms with E-state index in [0.29, 0.717) is 12.8 Å². The Morgan fingerprint density at radius 3 is 2.62 bits per heavy atom. The fourth-order valence-corrected chi connectivity index (χ4v) is 1.81. The normalized spacial score (nSPS) is 20.2. The molecule has 0 amide bonds. The number of piperidine rings is 1. The van der Waals surface area contributed by atoms with Gasteiger partial charge in [-0.2, -0.15) is 0 Å². The van der Waals surface area contributed by atoms with Gasteiger partial charge in [0.05, 0.1) is 6.61 Å². The fourth-order valence-electron chi connectivity index (χ4n) is 1.81. The van der Waals surface area contributed by atoms with Crippen LogP contribution in [-0.2, 0) is 4.74 Å². The third kappa shape index (κ3) is 4.50. The Labute approximate surface area is 97.2 Å². The van der Waals surface area contributed by atoms with Gasteiger partial charge in [0, 0.05) is 39.1 Å². The Bertz CT molecular complexity index is 249. The first-order valence-corrected chi connectivity index (χ1v) is 5.83. The van der Waals surface area contributed by atoms with Gasteiger partial charge in [-0.05, 0) is 6.92 Å². The monoisotopic (exact) mass is 227 g/mol. The molecule has 4 nitrogen and oxygen atoms in total. The average Bonchev–Trinajstić information content (AvgIpc) is 2.30. The lowest BCUT2D eigenvalue weighted by Crippen LogP contribution is -2.44. The standard InChI is InChI=1S/C12H21NO3/c1-2-16-11-9-13-7-5-12(15,6-8-13)4-3-10-14/h14-15H,2,5-11H2,1H3. The minimum atomic E-state index is -0.898. The van der Waals surface area contributed by atoms with Gasteiger partial charge in [-0.1, -0.05) is 11.8 Å². The predicted octanol–water partition coefficient (Wildman–Crippen LogP) is -0.154. The van der Waals surface area contributed by atoms with E-state index >= 15 is 0 Å². The molecule has 0 saturated carbocycles. The number of nitrogens with zero attached hydrogens (tertiary/aromatic N) is 1. The molecule has 0 bridgehead atoms. The van der Waals surface area contributed by atoms with Gasteiger partial charge in [-0.25, -0.2) is 0 Å². The minimum Gasteiger partial charge on any atom is -0.384 e. The molecular weight excluding hydrogens is 206 g/mol. The molecule has 1 saturated heterocycles. The Morgan fingerprint density at radius 2 is 2.06 bits per heavy atom. The molecule has 0 aromatic carbocycles. The number of ether oxygens (including phenoxy) is 1. The van der Waals surface area contributed by atoms with Gasteiger partial charge < -0.3 is 19.8 Å². The van der Waals surface area contributed by atoms with E-state index in [1.54, 1.807) is 0 Å². The highest BCUT2D eigenvalue weighted by Gasteiger charge is 2.29. The second-order valence-corrected chi connectivity index (χ2v) is 4.03. The molecular formula is C12H21NO3. The van der Waals surface area contributed by atoms with E-state index in [2.05, 4.69) is 16.7 Å². The van der Waals surface area contributed by atoms with Crippen molar-refractivity contribution in [1.82, 2.24) is 4.90 Å². The van der Waals surface area contributed by atoms with Crippen LogP contribution in [0.15, 0.2) is 0 Å². The second-order valence-electron chi connectivity index (χ2n) is 4.03. The van der Waals surface area contributed by atoms with Crippen molar-refractivity contribution in [2.75, 3.05) is 39.5 Å². The molecule has 92 valence electrons. The van der Waals surface area contributed by atoms with E-state index in [1.165, 1.54) is 0 Å². The van der Waals surface area contributed by atoms with Crippen LogP contribution < -0.4 is 0 Å². The van der Waals surface area contributed by atoms with Crippen LogP contribution in [0.5, 0.6) is 0 Å². The highest BCUT2D eigenvalue weighted by atomic mass is 16.5. The van der Waals surface area contributed by atoms with Crippen LogP contribution in [0.2, 0.25) is 0 Å². The van der Waals surface area contributed by atoms with Gasteiger partial charge >= 0.3 is 0 Å². The maximum Gasteiger partial charge on any atom is 0.128 e. The molecule has 16 heavy (non-hydrogen) atoms. The van der Waals surface area contributed by atoms with Crippen molar-refractivity contribution in [2.24, 2.45) is 0 Å². The lowest BCUT2D eigenvalue weighted by molar-refractivity contribution is 0.0166. The molecule has 0 aromatic heterocycles. The summed E-state index contributed by atoms with van der Waals surface area (Å²) in [7, 11) is 0. The molecule has 1 aliphatic heterocycles. The van der Waals surface area contributed by atoms with E-state index in [4.69, 9.17) is 9.84 Å². The van der Waals surface area contributed by atoms with Crippen LogP contribution in [0.1, 0.15) is 19.8 Å². The maximum atomic E-state index is 10.0. The van der Waals surface area contributed by atoms with Crippen molar-refractivity contribution in [3.63, 3.8) is 0 Å². The Hall–Kier alpha value is -0.600. The Morgan fingerprint density at radius 1 is 1.38 bits per heavy atom. The third-order valence-electron chi connectivity index (χ3n) is 2.84. The summed E-state index contributed by atoms with van der Waals surface area (Å²) in [6.45, 7) is 5.89. The summed E-state index contributed by atoms with van der Waals surface area (Å²) in [4.78, 5) is 2.27. The van der Waals surface area contributed by atoms with E-state index < -0.39 is 5.60 Å². The minimum absolute atomic E-state index is 0.184. The molecule has 0 aromatic rings. The fraction of sp³-hybridized carbons (Fsp3) is 0.833. The van der Waals surface area contributed by atoms with Gasteiger partial charge in [0.25, 0.3) is 0 Å². The van der Waals surface area contributed by atoms with Crippen molar-refractivity contribution in [3.05, 3.63) is 0 Å². The van der Waals surface area contributed by atoms with Gasteiger partial charge in [0.1, 0.15) is 12.2 Å². The largest absolute Gasteiger partial charge is 0.384 e. The lowest BCUT2D eigenvalue weighted by Gasteiger charge is -2.34. The summed E-state index contributed by atoms with van der Waals surface area (Å²) in [5.41, 5.74) is -0.898. The molecule has 0 atom stereocenters. The van der Waals surface area contributed by atoms with Crippen molar-refractivity contribution in [2.45, 2.75) is 25.4 Å². The van der Waals surface area contributed by atoms with Crippen LogP contribution in [0.4, 0.5) is 0 Å². The molecule has 0 radical (unpaired) electrons. The van der Waals surface area contributed by atoms with E-state index in [0.717, 1.165) is 32.8 Å². The summed E-state index contributed by atoms with van der Waals surface area (Å²) in [6.07, 6.45) is 1.29. The summed E-state index contributed by atoms with van der Waals surface area (Å²) >= 11 is 0. The number of aliphatic hydroxyl groups excluding tert-OH is 1. The first-order valence-electron chi connectivity index (χ1n) is 5.83. The smallest absolute Gasteiger partial charge is 0.128 e. The Balaban J connectivity index is 2.27. The molecule has 0 aliphatic carbocycles. The quantitative estimate of drug-likeness (QED) is 0.518. The van der Waals surface area contributed by atoms with Gasteiger partial charge in [0.2, 0.25) is 0 Å². The van der Waals surface area contributed by atoms with Crippen LogP contribution in [0.3, 0.4) is 0 Å². The molecule has 1 aliphatic rings. The average molecular weight is 227 g/mol. The van der Waals surface area contributed by atoms with Crippen molar-refractivity contribution in [3.8, 4) is 11.8 Å². The van der Waals surface area contributed by atoms with Gasteiger partial charge in [0.15, 0.2) is 0 Å². The summed E-state index contributed by atoms with van der Waals surface area (Å²) in [5.74, 6) is 5.27. The zero-order valence-corrected chi connectivity index (χ0v) is 9.91. The molecule has 2 N–H and O–H groups in total. The van der Waals surface area contributed by atoms with Crippen molar-refractivity contribution >= 4 is 0 Å². The number of hydrogen-bond acceptors (Lipinski definition) is 4. The molecule has 1 heterocycles. The van der Waals surface area contributed by atoms with Crippen LogP contribution >= 0.6 is 0 Å². The van der Waals surface area contributed by atoms with E-state index in [-0.39, 0.29) is 6.61 Å². The zero-order valence-electron chi connectivity index (χ0n) is 9.91. The van der Waals surface area contributed by atoms with Gasteiger partial charge in [-0.15, -0.1) is 0 Å². The SMILES string of the molecule is CCOCCN1CCC(O)(C#CCO)CC1. The third-order valence-corrected chi connectivity index (χ3v) is 2.84. The molecule has 0 spiro atoms. The molecule has 4 heteroatoms. The highest BCUT2D eigenvalue weighted by Crippen LogP contribution is 2.20. The lowest BCUT2D eigenvalue weighted by atomic mass is 9.92. The number of aliphatic hydroxyl groups is 2. The summed E-state index contributed by atoms with van der Waals surface area (Å²) in [6, 6.07) is 0. The number of hydrogen-bond donors (Lipinski definition) is 2. The molecule has 0 unspecified atom stereocenters. The number of likely N-dealkylation sites (tertiary alicyclic amines) is 1. The van der Waals surface area contributed by atoms with Crippen molar-refractivity contribution < 1.29 is 14.9 Å². The molecule has 1 rings (SSSR count). The van der Waals surface area contributed by atoms with E-state index in [1.807, 2.05) is 6.92 Å². The van der Waals surface area contributed by atoms with Crippen molar-refractivity contribution in [1.29, 1.82) is 0 Å².